The molecule has 2 aliphatic heterocycles. The Balaban J connectivity index is 1.64. The lowest BCUT2D eigenvalue weighted by atomic mass is 9.93. The quantitative estimate of drug-likeness (QED) is 0.832. The molecule has 4 rings (SSSR count). The fraction of sp³-hybridized carbons (Fsp3) is 0.600. The van der Waals surface area contributed by atoms with E-state index in [9.17, 15) is 4.79 Å². The predicted molar refractivity (Wildman–Crippen MR) is 101 cm³/mol. The number of likely N-dealkylation sites (tertiary alicyclic amines) is 1. The normalized spacial score (nSPS) is 21.4. The van der Waals surface area contributed by atoms with Gasteiger partial charge < -0.3 is 14.2 Å². The molecule has 0 spiro atoms. The van der Waals surface area contributed by atoms with Gasteiger partial charge in [-0.15, -0.1) is 0 Å². The summed E-state index contributed by atoms with van der Waals surface area (Å²) in [6.07, 6.45) is 8.45. The predicted octanol–water partition coefficient (Wildman–Crippen LogP) is 2.67. The maximum absolute atomic E-state index is 13.2. The molecule has 0 unspecified atom stereocenters. The lowest BCUT2D eigenvalue weighted by molar-refractivity contribution is -0.142. The summed E-state index contributed by atoms with van der Waals surface area (Å²) >= 11 is 0. The zero-order chi connectivity index (χ0) is 18.8. The average Bonchev–Trinajstić information content (AvgIpc) is 3.13. The molecule has 2 saturated heterocycles. The van der Waals surface area contributed by atoms with Crippen molar-refractivity contribution in [1.29, 1.82) is 0 Å². The first-order valence-corrected chi connectivity index (χ1v) is 9.85. The number of aryl methyl sites for hydroxylation is 2. The molecular weight excluding hydrogens is 342 g/mol. The topological polar surface area (TPSA) is 73.1 Å². The Bertz CT molecular complexity index is 812. The molecule has 0 aliphatic carbocycles. The number of amides is 1. The van der Waals surface area contributed by atoms with Crippen LogP contribution in [0.2, 0.25) is 0 Å². The molecule has 1 atom stereocenters. The van der Waals surface area contributed by atoms with Gasteiger partial charge in [0.25, 0.3) is 0 Å². The van der Waals surface area contributed by atoms with Gasteiger partial charge in [-0.3, -0.25) is 4.79 Å². The van der Waals surface area contributed by atoms with E-state index in [1.165, 1.54) is 0 Å². The van der Waals surface area contributed by atoms with Gasteiger partial charge in [0.1, 0.15) is 11.5 Å². The Hall–Kier alpha value is -2.28. The molecular formula is C20H27N5O2. The van der Waals surface area contributed by atoms with Gasteiger partial charge >= 0.3 is 0 Å². The fourth-order valence-corrected chi connectivity index (χ4v) is 4.17. The first-order chi connectivity index (χ1) is 13.1. The molecule has 2 aliphatic rings. The lowest BCUT2D eigenvalue weighted by Gasteiger charge is -2.38. The van der Waals surface area contributed by atoms with E-state index in [4.69, 9.17) is 9.72 Å². The summed E-state index contributed by atoms with van der Waals surface area (Å²) in [7, 11) is 1.96. The van der Waals surface area contributed by atoms with Crippen LogP contribution in [0.3, 0.4) is 0 Å². The van der Waals surface area contributed by atoms with Crippen LogP contribution in [0, 0.1) is 12.8 Å². The summed E-state index contributed by atoms with van der Waals surface area (Å²) < 4.78 is 7.39. The van der Waals surface area contributed by atoms with Gasteiger partial charge in [-0.25, -0.2) is 15.0 Å². The second-order valence-electron chi connectivity index (χ2n) is 7.52. The molecule has 7 nitrogen and oxygen atoms in total. The van der Waals surface area contributed by atoms with E-state index in [-0.39, 0.29) is 17.9 Å². The summed E-state index contributed by atoms with van der Waals surface area (Å²) in [4.78, 5) is 29.0. The van der Waals surface area contributed by atoms with Gasteiger partial charge in [-0.2, -0.15) is 0 Å². The number of carbonyl (C=O) groups is 1. The van der Waals surface area contributed by atoms with E-state index in [2.05, 4.69) is 14.9 Å². The fourth-order valence-electron chi connectivity index (χ4n) is 4.17. The maximum atomic E-state index is 13.2. The van der Waals surface area contributed by atoms with Crippen LogP contribution in [-0.2, 0) is 16.6 Å². The summed E-state index contributed by atoms with van der Waals surface area (Å²) in [5.74, 6) is 1.88. The number of nitrogens with zero attached hydrogens (tertiary/aromatic N) is 5. The van der Waals surface area contributed by atoms with Gasteiger partial charge in [-0.05, 0) is 45.1 Å². The van der Waals surface area contributed by atoms with Crippen molar-refractivity contribution >= 4 is 5.91 Å². The Labute approximate surface area is 159 Å². The van der Waals surface area contributed by atoms with Gasteiger partial charge in [0.15, 0.2) is 5.82 Å². The highest BCUT2D eigenvalue weighted by atomic mass is 16.5. The van der Waals surface area contributed by atoms with Crippen molar-refractivity contribution in [3.8, 4) is 11.5 Å². The van der Waals surface area contributed by atoms with E-state index in [1.807, 2.05) is 30.8 Å². The van der Waals surface area contributed by atoms with Crippen molar-refractivity contribution in [3.63, 3.8) is 0 Å². The molecule has 2 fully saturated rings. The zero-order valence-corrected chi connectivity index (χ0v) is 16.1. The number of rotatable bonds is 3. The van der Waals surface area contributed by atoms with E-state index < -0.39 is 0 Å². The molecule has 1 amide bonds. The Morgan fingerprint density at radius 3 is 2.74 bits per heavy atom. The zero-order valence-electron chi connectivity index (χ0n) is 16.1. The minimum atomic E-state index is 0.0230. The van der Waals surface area contributed by atoms with Crippen LogP contribution in [0.4, 0.5) is 0 Å². The van der Waals surface area contributed by atoms with Crippen LogP contribution >= 0.6 is 0 Å². The maximum Gasteiger partial charge on any atom is 0.226 e. The van der Waals surface area contributed by atoms with Gasteiger partial charge in [0, 0.05) is 45.1 Å². The second kappa shape index (κ2) is 7.76. The van der Waals surface area contributed by atoms with Crippen LogP contribution in [0.15, 0.2) is 18.5 Å². The second-order valence-corrected chi connectivity index (χ2v) is 7.52. The Kier molecular flexibility index (Phi) is 5.20. The van der Waals surface area contributed by atoms with Crippen LogP contribution < -0.4 is 0 Å². The summed E-state index contributed by atoms with van der Waals surface area (Å²) in [5, 5.41) is 0. The third kappa shape index (κ3) is 3.74. The summed E-state index contributed by atoms with van der Waals surface area (Å²) in [5.41, 5.74) is 1.75. The molecule has 7 heteroatoms. The molecule has 27 heavy (non-hydrogen) atoms. The SMILES string of the molecule is Cc1nc(-c2nccn2C)cc([C@@H]2CCCCN2C(=O)C2CCOCC2)n1. The van der Waals surface area contributed by atoms with Crippen LogP contribution in [0.5, 0.6) is 0 Å². The van der Waals surface area contributed by atoms with Crippen molar-refractivity contribution in [2.75, 3.05) is 19.8 Å². The standard InChI is InChI=1S/C20H27N5O2/c1-14-22-16(13-17(23-14)19-21-8-10-24(19)2)18-5-3-4-9-25(18)20(26)15-6-11-27-12-7-15/h8,10,13,15,18H,3-7,9,11-12H2,1-2H3/t18-/m0/s1. The van der Waals surface area contributed by atoms with E-state index in [0.717, 1.165) is 61.7 Å². The van der Waals surface area contributed by atoms with Crippen molar-refractivity contribution in [2.24, 2.45) is 13.0 Å². The third-order valence-electron chi connectivity index (χ3n) is 5.61. The average molecular weight is 369 g/mol. The summed E-state index contributed by atoms with van der Waals surface area (Å²) in [6, 6.07) is 2.03. The molecule has 0 aromatic carbocycles. The van der Waals surface area contributed by atoms with Crippen molar-refractivity contribution in [1.82, 2.24) is 24.4 Å². The first kappa shape index (κ1) is 18.1. The van der Waals surface area contributed by atoms with Crippen molar-refractivity contribution < 1.29 is 9.53 Å². The molecule has 0 bridgehead atoms. The van der Waals surface area contributed by atoms with Crippen molar-refractivity contribution in [2.45, 2.75) is 45.1 Å². The number of hydrogen-bond donors (Lipinski definition) is 0. The third-order valence-corrected chi connectivity index (χ3v) is 5.61. The minimum Gasteiger partial charge on any atom is -0.381 e. The molecule has 2 aromatic heterocycles. The minimum absolute atomic E-state index is 0.0230. The van der Waals surface area contributed by atoms with E-state index >= 15 is 0 Å². The van der Waals surface area contributed by atoms with Gasteiger partial charge in [0.2, 0.25) is 5.91 Å². The number of piperidine rings is 1. The highest BCUT2D eigenvalue weighted by Gasteiger charge is 2.34. The first-order valence-electron chi connectivity index (χ1n) is 9.85. The highest BCUT2D eigenvalue weighted by Crippen LogP contribution is 2.33. The van der Waals surface area contributed by atoms with Crippen LogP contribution in [-0.4, -0.2) is 50.1 Å². The number of imidazole rings is 1. The molecule has 0 N–H and O–H groups in total. The molecule has 4 heterocycles. The van der Waals surface area contributed by atoms with Crippen LogP contribution in [0.1, 0.15) is 49.7 Å². The van der Waals surface area contributed by atoms with Crippen LogP contribution in [0.25, 0.3) is 11.5 Å². The lowest BCUT2D eigenvalue weighted by Crippen LogP contribution is -2.43. The highest BCUT2D eigenvalue weighted by molar-refractivity contribution is 5.79. The van der Waals surface area contributed by atoms with E-state index in [1.54, 1.807) is 6.20 Å². The molecule has 0 radical (unpaired) electrons. The molecule has 0 saturated carbocycles. The monoisotopic (exact) mass is 369 g/mol. The van der Waals surface area contributed by atoms with Gasteiger partial charge in [-0.1, -0.05) is 0 Å². The number of hydrogen-bond acceptors (Lipinski definition) is 5. The Morgan fingerprint density at radius 2 is 2.00 bits per heavy atom. The number of aromatic nitrogens is 4. The number of ether oxygens (including phenoxy) is 1. The number of carbonyl (C=O) groups excluding carboxylic acids is 1. The van der Waals surface area contributed by atoms with E-state index in [0.29, 0.717) is 13.2 Å². The van der Waals surface area contributed by atoms with Gasteiger partial charge in [0.05, 0.1) is 11.7 Å². The van der Waals surface area contributed by atoms with Crippen molar-refractivity contribution in [3.05, 3.63) is 30.0 Å². The summed E-state index contributed by atoms with van der Waals surface area (Å²) in [6.45, 7) is 4.08. The molecule has 2 aromatic rings. The Morgan fingerprint density at radius 1 is 1.19 bits per heavy atom. The largest absolute Gasteiger partial charge is 0.381 e. The molecule has 144 valence electrons. The smallest absolute Gasteiger partial charge is 0.226 e.